The lowest BCUT2D eigenvalue weighted by Gasteiger charge is -2.38. The van der Waals surface area contributed by atoms with Crippen LogP contribution in [0.1, 0.15) is 43.1 Å². The first-order valence-corrected chi connectivity index (χ1v) is 10.9. The number of methoxy groups -OCH3 is 1. The summed E-state index contributed by atoms with van der Waals surface area (Å²) in [6.45, 7) is 2.44. The minimum Gasteiger partial charge on any atom is -0.481 e. The molecule has 4 heteroatoms. The van der Waals surface area contributed by atoms with Gasteiger partial charge < -0.3 is 9.30 Å². The molecule has 0 spiro atoms. The summed E-state index contributed by atoms with van der Waals surface area (Å²) in [5, 5.41) is 0. The fourth-order valence-electron chi connectivity index (χ4n) is 5.62. The summed E-state index contributed by atoms with van der Waals surface area (Å²) >= 11 is 0. The van der Waals surface area contributed by atoms with Gasteiger partial charge in [0.1, 0.15) is 5.82 Å². The number of rotatable bonds is 3. The quantitative estimate of drug-likeness (QED) is 0.382. The first-order valence-electron chi connectivity index (χ1n) is 10.9. The van der Waals surface area contributed by atoms with Crippen molar-refractivity contribution in [1.29, 1.82) is 0 Å². The van der Waals surface area contributed by atoms with E-state index in [1.807, 2.05) is 12.3 Å². The lowest BCUT2D eigenvalue weighted by Crippen LogP contribution is -2.30. The van der Waals surface area contributed by atoms with Crippen molar-refractivity contribution in [3.8, 4) is 17.0 Å². The number of ether oxygens (including phenoxy) is 1. The molecule has 0 fully saturated rings. The fraction of sp³-hybridized carbons (Fsp3) is 0.259. The van der Waals surface area contributed by atoms with Crippen LogP contribution in [0.5, 0.6) is 5.88 Å². The van der Waals surface area contributed by atoms with Crippen LogP contribution >= 0.6 is 0 Å². The summed E-state index contributed by atoms with van der Waals surface area (Å²) in [4.78, 5) is 9.55. The van der Waals surface area contributed by atoms with Crippen molar-refractivity contribution in [2.24, 2.45) is 5.41 Å². The van der Waals surface area contributed by atoms with E-state index in [4.69, 9.17) is 9.72 Å². The molecule has 0 saturated carbocycles. The second kappa shape index (κ2) is 6.81. The van der Waals surface area contributed by atoms with Gasteiger partial charge in [0.05, 0.1) is 24.2 Å². The Balaban J connectivity index is 1.56. The maximum atomic E-state index is 5.22. The first-order chi connectivity index (χ1) is 15.2. The van der Waals surface area contributed by atoms with Crippen LogP contribution in [0, 0.1) is 5.41 Å². The molecule has 3 heterocycles. The monoisotopic (exact) mass is 407 g/mol. The van der Waals surface area contributed by atoms with Crippen LogP contribution in [0.2, 0.25) is 0 Å². The third-order valence-corrected chi connectivity index (χ3v) is 7.20. The fourth-order valence-corrected chi connectivity index (χ4v) is 5.62. The molecule has 2 aromatic carbocycles. The second-order valence-corrected chi connectivity index (χ2v) is 8.92. The second-order valence-electron chi connectivity index (χ2n) is 8.92. The van der Waals surface area contributed by atoms with Gasteiger partial charge in [-0.15, -0.1) is 0 Å². The summed E-state index contributed by atoms with van der Waals surface area (Å²) in [7, 11) is 1.64. The van der Waals surface area contributed by atoms with Crippen molar-refractivity contribution in [2.45, 2.75) is 31.7 Å². The molecular formula is C27H25N3O. The van der Waals surface area contributed by atoms with E-state index in [1.54, 1.807) is 7.11 Å². The van der Waals surface area contributed by atoms with Crippen molar-refractivity contribution in [3.05, 3.63) is 90.4 Å². The van der Waals surface area contributed by atoms with E-state index in [0.717, 1.165) is 29.5 Å². The minimum absolute atomic E-state index is 0.129. The molecule has 0 bridgehead atoms. The van der Waals surface area contributed by atoms with Crippen molar-refractivity contribution < 1.29 is 4.74 Å². The molecule has 0 unspecified atom stereocenters. The maximum Gasteiger partial charge on any atom is 0.212 e. The Morgan fingerprint density at radius 2 is 1.84 bits per heavy atom. The predicted molar refractivity (Wildman–Crippen MR) is 123 cm³/mol. The molecule has 3 atom stereocenters. The van der Waals surface area contributed by atoms with E-state index < -0.39 is 0 Å². The summed E-state index contributed by atoms with van der Waals surface area (Å²) in [6.07, 6.45) is 8.69. The number of aromatic nitrogens is 3. The Morgan fingerprint density at radius 3 is 2.61 bits per heavy atom. The number of benzene rings is 2. The lowest BCUT2D eigenvalue weighted by molar-refractivity contribution is 0.216. The molecule has 154 valence electrons. The number of hydrogen-bond acceptors (Lipinski definition) is 3. The van der Waals surface area contributed by atoms with Gasteiger partial charge in [-0.3, -0.25) is 0 Å². The highest BCUT2D eigenvalue weighted by Crippen LogP contribution is 2.59. The molecule has 4 nitrogen and oxygen atoms in total. The van der Waals surface area contributed by atoms with Gasteiger partial charge in [-0.05, 0) is 42.2 Å². The highest BCUT2D eigenvalue weighted by Gasteiger charge is 2.52. The number of pyridine rings is 1. The van der Waals surface area contributed by atoms with Gasteiger partial charge in [0, 0.05) is 29.2 Å². The Labute approximate surface area is 182 Å². The molecule has 6 rings (SSSR count). The Morgan fingerprint density at radius 1 is 1.00 bits per heavy atom. The van der Waals surface area contributed by atoms with Gasteiger partial charge in [-0.2, -0.15) is 0 Å². The maximum absolute atomic E-state index is 5.22. The summed E-state index contributed by atoms with van der Waals surface area (Å²) < 4.78 is 7.74. The zero-order valence-electron chi connectivity index (χ0n) is 17.8. The van der Waals surface area contributed by atoms with Crippen LogP contribution in [-0.2, 0) is 0 Å². The molecule has 4 aromatic rings. The number of imidazole rings is 1. The molecule has 2 aromatic heterocycles. The van der Waals surface area contributed by atoms with Crippen molar-refractivity contribution in [1.82, 2.24) is 14.5 Å². The molecule has 0 saturated heterocycles. The standard InChI is InChI=1S/C27H25N3O/c1-27-15-7-6-10-21(27)26-29-22-13-11-19(20-12-14-24(31-2)28-17-20)16-23(22)30(26)25(27)18-8-4-3-5-9-18/h3-9,11-14,16-17,21,25H,10,15H2,1-2H3/t21-,25-,27-/m0/s1. The summed E-state index contributed by atoms with van der Waals surface area (Å²) in [6, 6.07) is 21.8. The van der Waals surface area contributed by atoms with Crippen LogP contribution < -0.4 is 4.74 Å². The zero-order chi connectivity index (χ0) is 21.0. The van der Waals surface area contributed by atoms with Crippen LogP contribution in [0.4, 0.5) is 0 Å². The molecule has 1 aliphatic carbocycles. The van der Waals surface area contributed by atoms with Gasteiger partial charge in [0.25, 0.3) is 0 Å². The van der Waals surface area contributed by atoms with E-state index in [1.165, 1.54) is 16.9 Å². The van der Waals surface area contributed by atoms with Gasteiger partial charge in [-0.1, -0.05) is 55.5 Å². The smallest absolute Gasteiger partial charge is 0.212 e. The third kappa shape index (κ3) is 2.67. The van der Waals surface area contributed by atoms with Gasteiger partial charge in [0.2, 0.25) is 5.88 Å². The van der Waals surface area contributed by atoms with Crippen molar-refractivity contribution >= 4 is 11.0 Å². The number of allylic oxidation sites excluding steroid dienone is 2. The molecule has 2 aliphatic rings. The molecule has 1 aliphatic heterocycles. The van der Waals surface area contributed by atoms with E-state index in [0.29, 0.717) is 11.8 Å². The van der Waals surface area contributed by atoms with E-state index in [9.17, 15) is 0 Å². The van der Waals surface area contributed by atoms with E-state index in [-0.39, 0.29) is 11.5 Å². The molecule has 0 N–H and O–H groups in total. The summed E-state index contributed by atoms with van der Waals surface area (Å²) in [5.41, 5.74) is 5.99. The zero-order valence-corrected chi connectivity index (χ0v) is 17.8. The molecule has 0 radical (unpaired) electrons. The topological polar surface area (TPSA) is 39.9 Å². The van der Waals surface area contributed by atoms with Gasteiger partial charge in [0.15, 0.2) is 0 Å². The number of hydrogen-bond donors (Lipinski definition) is 0. The van der Waals surface area contributed by atoms with Crippen molar-refractivity contribution in [2.75, 3.05) is 7.11 Å². The van der Waals surface area contributed by atoms with E-state index >= 15 is 0 Å². The predicted octanol–water partition coefficient (Wildman–Crippen LogP) is 6.15. The average molecular weight is 408 g/mol. The third-order valence-electron chi connectivity index (χ3n) is 7.20. The average Bonchev–Trinajstić information content (AvgIpc) is 3.30. The van der Waals surface area contributed by atoms with Crippen LogP contribution in [0.15, 0.2) is 79.0 Å². The normalized spacial score (nSPS) is 24.2. The molecule has 0 amide bonds. The Kier molecular flexibility index (Phi) is 4.04. The Bertz CT molecular complexity index is 1290. The van der Waals surface area contributed by atoms with Gasteiger partial charge in [-0.25, -0.2) is 9.97 Å². The van der Waals surface area contributed by atoms with Crippen molar-refractivity contribution in [3.63, 3.8) is 0 Å². The lowest BCUT2D eigenvalue weighted by atomic mass is 9.66. The number of nitrogens with zero attached hydrogens (tertiary/aromatic N) is 3. The van der Waals surface area contributed by atoms with Gasteiger partial charge >= 0.3 is 0 Å². The SMILES string of the molecule is COc1ccc(-c2ccc3nc4n(c3c2)[C@@H](c2ccccc2)[C@@]2(C)CC=CC[C@@H]42)cn1. The largest absolute Gasteiger partial charge is 0.481 e. The first kappa shape index (κ1) is 18.4. The highest BCUT2D eigenvalue weighted by molar-refractivity contribution is 5.83. The highest BCUT2D eigenvalue weighted by atomic mass is 16.5. The minimum atomic E-state index is 0.129. The Hall–Kier alpha value is -3.40. The van der Waals surface area contributed by atoms with Crippen LogP contribution in [0.3, 0.4) is 0 Å². The molecular weight excluding hydrogens is 382 g/mol. The molecule has 31 heavy (non-hydrogen) atoms. The van der Waals surface area contributed by atoms with Crippen LogP contribution in [-0.4, -0.2) is 21.6 Å². The van der Waals surface area contributed by atoms with Crippen LogP contribution in [0.25, 0.3) is 22.2 Å². The summed E-state index contributed by atoms with van der Waals surface area (Å²) in [5.74, 6) is 2.28. The van der Waals surface area contributed by atoms with E-state index in [2.05, 4.69) is 83.2 Å². The number of fused-ring (bicyclic) bond motifs is 5.